The fraction of sp³-hybridized carbons (Fsp3) is 0.250. The molecule has 0 N–H and O–H groups in total. The highest BCUT2D eigenvalue weighted by molar-refractivity contribution is 6.08. The molecule has 25 heavy (non-hydrogen) atoms. The molecule has 1 aromatic heterocycles. The van der Waals surface area contributed by atoms with E-state index in [9.17, 15) is 5.26 Å². The molecule has 3 rings (SSSR count). The largest absolute Gasteiger partial charge is 0.497 e. The molecule has 0 amide bonds. The molecule has 0 saturated carbocycles. The number of nitriles is 1. The van der Waals surface area contributed by atoms with Crippen LogP contribution in [-0.4, -0.2) is 26.1 Å². The van der Waals surface area contributed by atoms with Crippen molar-refractivity contribution < 1.29 is 9.47 Å². The van der Waals surface area contributed by atoms with Gasteiger partial charge in [-0.15, -0.1) is 0 Å². The number of benzene rings is 2. The second kappa shape index (κ2) is 7.35. The summed E-state index contributed by atoms with van der Waals surface area (Å²) in [6.45, 7) is 3.56. The Balaban J connectivity index is 2.16. The third-order valence-corrected chi connectivity index (χ3v) is 4.30. The van der Waals surface area contributed by atoms with Crippen LogP contribution in [0.25, 0.3) is 22.2 Å². The molecule has 0 spiro atoms. The lowest BCUT2D eigenvalue weighted by Crippen LogP contribution is -1.99. The average Bonchev–Trinajstić information content (AvgIpc) is 2.99. The molecule has 5 heteroatoms. The van der Waals surface area contributed by atoms with Crippen molar-refractivity contribution in [3.63, 3.8) is 0 Å². The molecule has 126 valence electrons. The minimum Gasteiger partial charge on any atom is -0.497 e. The Hall–Kier alpha value is -2.87. The smallest absolute Gasteiger partial charge is 0.120 e. The van der Waals surface area contributed by atoms with Gasteiger partial charge in [0.2, 0.25) is 0 Å². The van der Waals surface area contributed by atoms with Crippen LogP contribution in [0.3, 0.4) is 0 Å². The van der Waals surface area contributed by atoms with Gasteiger partial charge in [-0.25, -0.2) is 0 Å². The van der Waals surface area contributed by atoms with E-state index in [0.717, 1.165) is 46.5 Å². The van der Waals surface area contributed by atoms with E-state index in [1.807, 2.05) is 42.5 Å². The van der Waals surface area contributed by atoms with E-state index in [0.29, 0.717) is 12.2 Å². The van der Waals surface area contributed by atoms with Gasteiger partial charge in [0.25, 0.3) is 0 Å². The highest BCUT2D eigenvalue weighted by Gasteiger charge is 2.18. The molecule has 0 aliphatic carbocycles. The van der Waals surface area contributed by atoms with Crippen molar-refractivity contribution in [2.45, 2.75) is 19.8 Å². The van der Waals surface area contributed by atoms with E-state index in [1.54, 1.807) is 7.11 Å². The number of nitrogens with zero attached hydrogens (tertiary/aromatic N) is 2. The molecule has 2 aromatic carbocycles. The van der Waals surface area contributed by atoms with Crippen molar-refractivity contribution >= 4 is 18.7 Å². The monoisotopic (exact) mass is 332 g/mol. The lowest BCUT2D eigenvalue weighted by atomic mass is 10.1. The van der Waals surface area contributed by atoms with Crippen LogP contribution in [0.15, 0.2) is 42.5 Å². The molecule has 1 heterocycles. The van der Waals surface area contributed by atoms with Crippen LogP contribution >= 0.6 is 0 Å². The minimum absolute atomic E-state index is 0.696. The van der Waals surface area contributed by atoms with Gasteiger partial charge in [0.05, 0.1) is 30.5 Å². The zero-order chi connectivity index (χ0) is 17.8. The molecule has 0 unspecified atom stereocenters. The molecule has 0 aliphatic rings. The van der Waals surface area contributed by atoms with E-state index < -0.39 is 0 Å². The summed E-state index contributed by atoms with van der Waals surface area (Å²) in [6, 6.07) is 16.2. The van der Waals surface area contributed by atoms with E-state index >= 15 is 0 Å². The van der Waals surface area contributed by atoms with Crippen molar-refractivity contribution in [3.05, 3.63) is 48.0 Å². The molecule has 0 bridgehead atoms. The number of aromatic nitrogens is 1. The first-order valence-electron chi connectivity index (χ1n) is 8.57. The summed E-state index contributed by atoms with van der Waals surface area (Å²) in [6.07, 6.45) is 0.978. The van der Waals surface area contributed by atoms with Crippen LogP contribution in [0.2, 0.25) is 6.32 Å². The van der Waals surface area contributed by atoms with Crippen LogP contribution in [0.4, 0.5) is 0 Å². The first-order valence-corrected chi connectivity index (χ1v) is 8.57. The van der Waals surface area contributed by atoms with Gasteiger partial charge in [-0.1, -0.05) is 0 Å². The van der Waals surface area contributed by atoms with E-state index in [2.05, 4.69) is 25.4 Å². The first kappa shape index (κ1) is 17.0. The Morgan fingerprint density at radius 1 is 1.12 bits per heavy atom. The Kier molecular flexibility index (Phi) is 4.99. The normalized spacial score (nSPS) is 10.6. The summed E-state index contributed by atoms with van der Waals surface area (Å²) >= 11 is 0. The number of rotatable bonds is 6. The van der Waals surface area contributed by atoms with Crippen LogP contribution in [-0.2, 0) is 6.54 Å². The predicted octanol–water partition coefficient (Wildman–Crippen LogP) is 3.64. The SMILES string of the molecule is BCCOc1ccc(-c2c(C#N)c3ccc(OC)cc3n2CC)cc1. The van der Waals surface area contributed by atoms with Crippen molar-refractivity contribution in [1.82, 2.24) is 4.57 Å². The summed E-state index contributed by atoms with van der Waals surface area (Å²) < 4.78 is 13.2. The van der Waals surface area contributed by atoms with Gasteiger partial charge in [0.15, 0.2) is 0 Å². The van der Waals surface area contributed by atoms with Gasteiger partial charge >= 0.3 is 0 Å². The molecule has 0 radical (unpaired) electrons. The van der Waals surface area contributed by atoms with Gasteiger partial charge < -0.3 is 14.0 Å². The molecular formula is C20H21BN2O2. The third-order valence-electron chi connectivity index (χ3n) is 4.30. The van der Waals surface area contributed by atoms with Gasteiger partial charge in [-0.3, -0.25) is 0 Å². The van der Waals surface area contributed by atoms with Crippen molar-refractivity contribution in [3.8, 4) is 28.8 Å². The van der Waals surface area contributed by atoms with Gasteiger partial charge in [-0.2, -0.15) is 5.26 Å². The Labute approximate surface area is 149 Å². The summed E-state index contributed by atoms with van der Waals surface area (Å²) in [5.41, 5.74) is 3.66. The summed E-state index contributed by atoms with van der Waals surface area (Å²) in [7, 11) is 3.74. The number of hydrogen-bond acceptors (Lipinski definition) is 3. The number of ether oxygens (including phenoxy) is 2. The zero-order valence-electron chi connectivity index (χ0n) is 14.9. The third kappa shape index (κ3) is 3.08. The van der Waals surface area contributed by atoms with Crippen LogP contribution in [0.5, 0.6) is 11.5 Å². The van der Waals surface area contributed by atoms with Crippen LogP contribution < -0.4 is 9.47 Å². The summed E-state index contributed by atoms with van der Waals surface area (Å²) in [4.78, 5) is 0. The maximum atomic E-state index is 9.76. The van der Waals surface area contributed by atoms with Crippen molar-refractivity contribution in [2.75, 3.05) is 13.7 Å². The van der Waals surface area contributed by atoms with Gasteiger partial charge in [0, 0.05) is 18.0 Å². The van der Waals surface area contributed by atoms with E-state index in [4.69, 9.17) is 9.47 Å². The standard InChI is InChI=1S/C20H21BN2O2/c1-3-23-19-12-16(24-2)8-9-17(19)18(13-22)20(23)14-4-6-15(7-5-14)25-11-10-21/h4-9,12H,3,10-11,21H2,1-2H3. The molecule has 0 fully saturated rings. The molecule has 0 atom stereocenters. The number of fused-ring (bicyclic) bond motifs is 1. The Morgan fingerprint density at radius 3 is 2.44 bits per heavy atom. The lowest BCUT2D eigenvalue weighted by Gasteiger charge is -2.10. The minimum atomic E-state index is 0.696. The number of methoxy groups -OCH3 is 1. The second-order valence-electron chi connectivity index (χ2n) is 5.84. The second-order valence-corrected chi connectivity index (χ2v) is 5.84. The molecule has 4 nitrogen and oxygen atoms in total. The van der Waals surface area contributed by atoms with Gasteiger partial charge in [-0.05, 0) is 55.2 Å². The highest BCUT2D eigenvalue weighted by Crippen LogP contribution is 2.35. The maximum Gasteiger partial charge on any atom is 0.120 e. The molecular weight excluding hydrogens is 311 g/mol. The highest BCUT2D eigenvalue weighted by atomic mass is 16.5. The summed E-state index contributed by atoms with van der Waals surface area (Å²) in [5.74, 6) is 1.64. The molecule has 0 aliphatic heterocycles. The predicted molar refractivity (Wildman–Crippen MR) is 103 cm³/mol. The Morgan fingerprint density at radius 2 is 1.84 bits per heavy atom. The van der Waals surface area contributed by atoms with Crippen LogP contribution in [0.1, 0.15) is 12.5 Å². The van der Waals surface area contributed by atoms with Gasteiger partial charge in [0.1, 0.15) is 25.4 Å². The fourth-order valence-corrected chi connectivity index (χ4v) is 3.13. The average molecular weight is 332 g/mol. The van der Waals surface area contributed by atoms with Crippen molar-refractivity contribution in [2.24, 2.45) is 0 Å². The van der Waals surface area contributed by atoms with E-state index in [-0.39, 0.29) is 0 Å². The Bertz CT molecular complexity index is 924. The van der Waals surface area contributed by atoms with Crippen LogP contribution in [0, 0.1) is 11.3 Å². The summed E-state index contributed by atoms with van der Waals surface area (Å²) in [5, 5.41) is 10.7. The number of hydrogen-bond donors (Lipinski definition) is 0. The van der Waals surface area contributed by atoms with Crippen molar-refractivity contribution in [1.29, 1.82) is 5.26 Å². The van der Waals surface area contributed by atoms with E-state index in [1.165, 1.54) is 0 Å². The topological polar surface area (TPSA) is 47.2 Å². The lowest BCUT2D eigenvalue weighted by molar-refractivity contribution is 0.340. The fourth-order valence-electron chi connectivity index (χ4n) is 3.13. The maximum absolute atomic E-state index is 9.76. The zero-order valence-corrected chi connectivity index (χ0v) is 14.9. The molecule has 0 saturated heterocycles. The number of aryl methyl sites for hydroxylation is 1. The molecule has 3 aromatic rings. The first-order chi connectivity index (χ1) is 12.2. The quantitative estimate of drug-likeness (QED) is 0.648.